The number of halogens is 1. The van der Waals surface area contributed by atoms with E-state index in [4.69, 9.17) is 21.1 Å². The maximum absolute atomic E-state index is 13.1. The van der Waals surface area contributed by atoms with Gasteiger partial charge in [0.15, 0.2) is 11.5 Å². The molecule has 0 aliphatic carbocycles. The zero-order valence-electron chi connectivity index (χ0n) is 21.1. The smallest absolute Gasteiger partial charge is 0.293 e. The van der Waals surface area contributed by atoms with Crippen molar-refractivity contribution in [2.24, 2.45) is 0 Å². The Balaban J connectivity index is 1.59. The summed E-state index contributed by atoms with van der Waals surface area (Å²) in [7, 11) is 0. The van der Waals surface area contributed by atoms with Crippen LogP contribution in [0, 0.1) is 10.1 Å². The highest BCUT2D eigenvalue weighted by Gasteiger charge is 2.35. The number of hydrogen-bond donors (Lipinski definition) is 0. The van der Waals surface area contributed by atoms with Crippen molar-refractivity contribution in [2.75, 3.05) is 6.61 Å². The number of allylic oxidation sites excluding steroid dienone is 1. The van der Waals surface area contributed by atoms with Gasteiger partial charge in [-0.05, 0) is 84.3 Å². The van der Waals surface area contributed by atoms with Crippen molar-refractivity contribution < 1.29 is 24.0 Å². The van der Waals surface area contributed by atoms with Gasteiger partial charge in [0.1, 0.15) is 6.61 Å². The summed E-state index contributed by atoms with van der Waals surface area (Å²) in [5, 5.41) is 11.2. The average Bonchev–Trinajstić information content (AvgIpc) is 3.17. The Morgan fingerprint density at radius 3 is 2.38 bits per heavy atom. The van der Waals surface area contributed by atoms with E-state index in [9.17, 15) is 19.7 Å². The molecule has 10 heteroatoms. The third kappa shape index (κ3) is 6.87. The molecule has 39 heavy (non-hydrogen) atoms. The van der Waals surface area contributed by atoms with Crippen LogP contribution in [0.25, 0.3) is 6.08 Å². The maximum atomic E-state index is 13.1. The average molecular weight is 565 g/mol. The van der Waals surface area contributed by atoms with Crippen LogP contribution < -0.4 is 9.47 Å². The van der Waals surface area contributed by atoms with E-state index in [1.54, 1.807) is 54.6 Å². The lowest BCUT2D eigenvalue weighted by molar-refractivity contribution is -0.384. The molecule has 0 spiro atoms. The fourth-order valence-corrected chi connectivity index (χ4v) is 4.89. The normalized spacial score (nSPS) is 14.1. The number of hydrogen-bond acceptors (Lipinski definition) is 7. The molecule has 1 heterocycles. The molecule has 0 saturated carbocycles. The first-order valence-corrected chi connectivity index (χ1v) is 13.2. The molecular weight excluding hydrogens is 540 g/mol. The van der Waals surface area contributed by atoms with Crippen LogP contribution in [0.2, 0.25) is 5.02 Å². The Kier molecular flexibility index (Phi) is 9.06. The zero-order valence-corrected chi connectivity index (χ0v) is 22.7. The Hall–Kier alpha value is -4.08. The van der Waals surface area contributed by atoms with Crippen LogP contribution in [0.1, 0.15) is 29.2 Å². The van der Waals surface area contributed by atoms with Crippen LogP contribution in [0.15, 0.2) is 78.2 Å². The number of ether oxygens (including phenoxy) is 2. The number of nitro groups is 1. The van der Waals surface area contributed by atoms with Crippen LogP contribution in [-0.4, -0.2) is 27.6 Å². The molecule has 0 N–H and O–H groups in total. The molecule has 1 aliphatic rings. The van der Waals surface area contributed by atoms with E-state index in [1.165, 1.54) is 17.0 Å². The molecule has 0 atom stereocenters. The first kappa shape index (κ1) is 27.9. The summed E-state index contributed by atoms with van der Waals surface area (Å²) in [5.41, 5.74) is 3.01. The molecule has 4 rings (SSSR count). The highest BCUT2D eigenvalue weighted by atomic mass is 35.5. The number of amides is 2. The number of nitrogens with zero attached hydrogens (tertiary/aromatic N) is 2. The van der Waals surface area contributed by atoms with Gasteiger partial charge in [0.05, 0.1) is 23.0 Å². The lowest BCUT2D eigenvalue weighted by atomic mass is 10.0. The highest BCUT2D eigenvalue weighted by Crippen LogP contribution is 2.38. The summed E-state index contributed by atoms with van der Waals surface area (Å²) < 4.78 is 12.0. The fourth-order valence-electron chi connectivity index (χ4n) is 3.93. The van der Waals surface area contributed by atoms with Gasteiger partial charge >= 0.3 is 0 Å². The standard InChI is InChI=1S/C29H25ClN2O6S/c1-3-5-22-14-21(16-26-28(33)31(29(34)39-26)17-19-6-10-23(30)11-7-19)15-25(37-4-2)27(22)38-18-20-8-12-24(13-9-20)32(35)36/h3,6-16H,1,4-5,17-18H2,2H3/b26-16+. The second-order valence-electron chi connectivity index (χ2n) is 8.54. The number of benzene rings is 3. The summed E-state index contributed by atoms with van der Waals surface area (Å²) >= 11 is 6.82. The summed E-state index contributed by atoms with van der Waals surface area (Å²) in [4.78, 5) is 37.7. The molecule has 0 bridgehead atoms. The zero-order chi connectivity index (χ0) is 27.9. The van der Waals surface area contributed by atoms with Gasteiger partial charge in [0.2, 0.25) is 0 Å². The van der Waals surface area contributed by atoms with E-state index < -0.39 is 4.92 Å². The van der Waals surface area contributed by atoms with Crippen LogP contribution in [-0.2, 0) is 24.4 Å². The fraction of sp³-hybridized carbons (Fsp3) is 0.172. The lowest BCUT2D eigenvalue weighted by Gasteiger charge is -2.17. The van der Waals surface area contributed by atoms with Gasteiger partial charge in [0, 0.05) is 22.7 Å². The molecule has 1 aliphatic heterocycles. The van der Waals surface area contributed by atoms with E-state index >= 15 is 0 Å². The Morgan fingerprint density at radius 1 is 1.05 bits per heavy atom. The van der Waals surface area contributed by atoms with E-state index in [0.29, 0.717) is 40.0 Å². The molecule has 0 radical (unpaired) electrons. The quantitative estimate of drug-likeness (QED) is 0.105. The first-order valence-electron chi connectivity index (χ1n) is 12.1. The number of imide groups is 1. The molecule has 8 nitrogen and oxygen atoms in total. The summed E-state index contributed by atoms with van der Waals surface area (Å²) in [5.74, 6) is 0.621. The van der Waals surface area contributed by atoms with Crippen molar-refractivity contribution in [3.63, 3.8) is 0 Å². The van der Waals surface area contributed by atoms with Crippen molar-refractivity contribution in [3.8, 4) is 11.5 Å². The van der Waals surface area contributed by atoms with Crippen molar-refractivity contribution in [2.45, 2.75) is 26.5 Å². The van der Waals surface area contributed by atoms with Crippen LogP contribution >= 0.6 is 23.4 Å². The topological polar surface area (TPSA) is 99.0 Å². The van der Waals surface area contributed by atoms with Crippen LogP contribution in [0.4, 0.5) is 10.5 Å². The minimum atomic E-state index is -0.453. The number of thioether (sulfide) groups is 1. The number of carbonyl (C=O) groups is 2. The molecule has 1 saturated heterocycles. The van der Waals surface area contributed by atoms with Crippen molar-refractivity contribution in [3.05, 3.63) is 116 Å². The van der Waals surface area contributed by atoms with Gasteiger partial charge in [-0.1, -0.05) is 29.8 Å². The van der Waals surface area contributed by atoms with Crippen LogP contribution in [0.5, 0.6) is 11.5 Å². The van der Waals surface area contributed by atoms with Gasteiger partial charge in [0.25, 0.3) is 16.8 Å². The van der Waals surface area contributed by atoms with E-state index in [-0.39, 0.29) is 30.0 Å². The second-order valence-corrected chi connectivity index (χ2v) is 9.97. The highest BCUT2D eigenvalue weighted by molar-refractivity contribution is 8.18. The van der Waals surface area contributed by atoms with Crippen molar-refractivity contribution >= 4 is 46.3 Å². The third-order valence-corrected chi connectivity index (χ3v) is 6.93. The van der Waals surface area contributed by atoms with Gasteiger partial charge in [-0.3, -0.25) is 24.6 Å². The Bertz CT molecular complexity index is 1440. The van der Waals surface area contributed by atoms with E-state index in [2.05, 4.69) is 6.58 Å². The predicted molar refractivity (Wildman–Crippen MR) is 152 cm³/mol. The molecule has 2 amide bonds. The van der Waals surface area contributed by atoms with E-state index in [0.717, 1.165) is 28.5 Å². The molecule has 200 valence electrons. The molecule has 3 aromatic rings. The number of nitro benzene ring substituents is 1. The molecule has 1 fully saturated rings. The minimum Gasteiger partial charge on any atom is -0.490 e. The summed E-state index contributed by atoms with van der Waals surface area (Å²) in [6.45, 7) is 6.39. The third-order valence-electron chi connectivity index (χ3n) is 5.77. The largest absolute Gasteiger partial charge is 0.490 e. The summed E-state index contributed by atoms with van der Waals surface area (Å²) in [6, 6.07) is 16.7. The van der Waals surface area contributed by atoms with Crippen molar-refractivity contribution in [1.29, 1.82) is 0 Å². The predicted octanol–water partition coefficient (Wildman–Crippen LogP) is 7.19. The molecule has 0 unspecified atom stereocenters. The number of carbonyl (C=O) groups excluding carboxylic acids is 2. The maximum Gasteiger partial charge on any atom is 0.293 e. The van der Waals surface area contributed by atoms with Gasteiger partial charge in [-0.25, -0.2) is 0 Å². The van der Waals surface area contributed by atoms with E-state index in [1.807, 2.05) is 13.0 Å². The molecular formula is C29H25ClN2O6S. The number of non-ortho nitro benzene ring substituents is 1. The Labute approximate surface area is 235 Å². The number of rotatable bonds is 11. The van der Waals surface area contributed by atoms with Gasteiger partial charge < -0.3 is 9.47 Å². The lowest BCUT2D eigenvalue weighted by Crippen LogP contribution is -2.27. The minimum absolute atomic E-state index is 0.00281. The SMILES string of the molecule is C=CCc1cc(/C=C2/SC(=O)N(Cc3ccc(Cl)cc3)C2=O)cc(OCC)c1OCc1ccc([N+](=O)[O-])cc1. The first-order chi connectivity index (χ1) is 18.8. The van der Waals surface area contributed by atoms with Crippen molar-refractivity contribution in [1.82, 2.24) is 4.90 Å². The van der Waals surface area contributed by atoms with Gasteiger partial charge in [-0.15, -0.1) is 6.58 Å². The molecule has 3 aromatic carbocycles. The summed E-state index contributed by atoms with van der Waals surface area (Å²) in [6.07, 6.45) is 3.87. The van der Waals surface area contributed by atoms with Crippen LogP contribution in [0.3, 0.4) is 0 Å². The second kappa shape index (κ2) is 12.6. The monoisotopic (exact) mass is 564 g/mol. The van der Waals surface area contributed by atoms with Gasteiger partial charge in [-0.2, -0.15) is 0 Å². The molecule has 0 aromatic heterocycles. The Morgan fingerprint density at radius 2 is 1.74 bits per heavy atom.